The normalized spacial score (nSPS) is 19.9. The summed E-state index contributed by atoms with van der Waals surface area (Å²) >= 11 is 0. The van der Waals surface area contributed by atoms with Gasteiger partial charge in [0.05, 0.1) is 19.5 Å². The number of alkyl halides is 7. The molecular formula is C28H25F7N2O. The second-order valence-electron chi connectivity index (χ2n) is 9.81. The molecule has 202 valence electrons. The minimum Gasteiger partial charge on any atom is -0.406 e. The molecule has 0 N–H and O–H groups in total. The summed E-state index contributed by atoms with van der Waals surface area (Å²) in [5.74, 6) is -0.367. The fourth-order valence-electron chi connectivity index (χ4n) is 5.45. The molecule has 3 aromatic carbocycles. The van der Waals surface area contributed by atoms with Crippen molar-refractivity contribution in [3.8, 4) is 5.75 Å². The van der Waals surface area contributed by atoms with Gasteiger partial charge in [-0.2, -0.15) is 13.2 Å². The topological polar surface area (TPSA) is 15.7 Å². The van der Waals surface area contributed by atoms with Gasteiger partial charge in [0.2, 0.25) is 0 Å². The number of para-hydroxylation sites is 1. The van der Waals surface area contributed by atoms with Gasteiger partial charge >= 0.3 is 12.5 Å². The van der Waals surface area contributed by atoms with E-state index in [-0.39, 0.29) is 38.3 Å². The molecule has 2 aliphatic rings. The highest BCUT2D eigenvalue weighted by atomic mass is 19.4. The van der Waals surface area contributed by atoms with Crippen LogP contribution < -0.4 is 14.5 Å². The van der Waals surface area contributed by atoms with Gasteiger partial charge in [-0.05, 0) is 53.4 Å². The van der Waals surface area contributed by atoms with Crippen molar-refractivity contribution >= 4 is 11.4 Å². The monoisotopic (exact) mass is 538 g/mol. The Balaban J connectivity index is 1.58. The molecule has 10 heteroatoms. The average Bonchev–Trinajstić information content (AvgIpc) is 3.14. The van der Waals surface area contributed by atoms with E-state index in [1.54, 1.807) is 29.2 Å². The van der Waals surface area contributed by atoms with Crippen molar-refractivity contribution in [2.75, 3.05) is 36.0 Å². The van der Waals surface area contributed by atoms with Crippen LogP contribution in [-0.2, 0) is 11.8 Å². The van der Waals surface area contributed by atoms with Gasteiger partial charge in [-0.15, -0.1) is 13.2 Å². The molecule has 0 spiro atoms. The molecular weight excluding hydrogens is 513 g/mol. The van der Waals surface area contributed by atoms with Crippen LogP contribution in [0.25, 0.3) is 0 Å². The fraction of sp³-hybridized carbons (Fsp3) is 0.357. The first-order valence-electron chi connectivity index (χ1n) is 12.2. The Kier molecular flexibility index (Phi) is 6.69. The minimum absolute atomic E-state index is 0.196. The van der Waals surface area contributed by atoms with Gasteiger partial charge < -0.3 is 14.5 Å². The van der Waals surface area contributed by atoms with E-state index in [4.69, 9.17) is 0 Å². The number of hydrogen-bond acceptors (Lipinski definition) is 3. The summed E-state index contributed by atoms with van der Waals surface area (Å²) in [6.07, 6.45) is -10.9. The Morgan fingerprint density at radius 1 is 0.868 bits per heavy atom. The van der Waals surface area contributed by atoms with Crippen LogP contribution in [0.3, 0.4) is 0 Å². The highest BCUT2D eigenvalue weighted by molar-refractivity contribution is 5.68. The quantitative estimate of drug-likeness (QED) is 0.300. The van der Waals surface area contributed by atoms with E-state index in [9.17, 15) is 30.7 Å². The number of rotatable bonds is 7. The maximum atomic E-state index is 13.6. The van der Waals surface area contributed by atoms with Crippen molar-refractivity contribution in [1.29, 1.82) is 0 Å². The van der Waals surface area contributed by atoms with E-state index in [2.05, 4.69) is 4.74 Å². The van der Waals surface area contributed by atoms with Crippen LogP contribution in [0.1, 0.15) is 23.1 Å². The van der Waals surface area contributed by atoms with E-state index in [1.165, 1.54) is 18.2 Å². The lowest BCUT2D eigenvalue weighted by atomic mass is 9.71. The van der Waals surface area contributed by atoms with Crippen LogP contribution in [-0.4, -0.2) is 44.9 Å². The van der Waals surface area contributed by atoms with E-state index in [0.29, 0.717) is 11.3 Å². The SMILES string of the molecule is FC1CN(c2cccc(C3(Cc4cccc(OC(F)(F)F)c4)CN(CCC(F)(F)F)c4ccccc43)c2)C1. The van der Waals surface area contributed by atoms with Gasteiger partial charge in [0.25, 0.3) is 0 Å². The van der Waals surface area contributed by atoms with Gasteiger partial charge in [0, 0.05) is 29.9 Å². The lowest BCUT2D eigenvalue weighted by Crippen LogP contribution is -2.48. The number of fused-ring (bicyclic) bond motifs is 1. The average molecular weight is 539 g/mol. The molecule has 38 heavy (non-hydrogen) atoms. The molecule has 0 aliphatic carbocycles. The molecule has 1 unspecified atom stereocenters. The predicted molar refractivity (Wildman–Crippen MR) is 130 cm³/mol. The zero-order valence-corrected chi connectivity index (χ0v) is 20.2. The highest BCUT2D eigenvalue weighted by Crippen LogP contribution is 2.48. The van der Waals surface area contributed by atoms with Crippen LogP contribution in [0, 0.1) is 0 Å². The largest absolute Gasteiger partial charge is 0.573 e. The maximum absolute atomic E-state index is 13.6. The molecule has 0 amide bonds. The summed E-state index contributed by atoms with van der Waals surface area (Å²) in [6, 6.07) is 20.3. The fourth-order valence-corrected chi connectivity index (χ4v) is 5.45. The van der Waals surface area contributed by atoms with Crippen molar-refractivity contribution in [2.24, 2.45) is 0 Å². The zero-order chi connectivity index (χ0) is 27.1. The number of ether oxygens (including phenoxy) is 1. The van der Waals surface area contributed by atoms with Crippen molar-refractivity contribution in [1.82, 2.24) is 0 Å². The van der Waals surface area contributed by atoms with E-state index in [1.807, 2.05) is 35.2 Å². The van der Waals surface area contributed by atoms with Crippen LogP contribution in [0.15, 0.2) is 72.8 Å². The molecule has 0 bridgehead atoms. The third kappa shape index (κ3) is 5.54. The minimum atomic E-state index is -4.86. The molecule has 0 radical (unpaired) electrons. The molecule has 5 rings (SSSR count). The first-order chi connectivity index (χ1) is 17.9. The van der Waals surface area contributed by atoms with Crippen LogP contribution in [0.2, 0.25) is 0 Å². The van der Waals surface area contributed by atoms with Crippen molar-refractivity contribution in [2.45, 2.75) is 37.0 Å². The lowest BCUT2D eigenvalue weighted by Gasteiger charge is -2.38. The molecule has 3 aromatic rings. The number of halogens is 7. The summed E-state index contributed by atoms with van der Waals surface area (Å²) < 4.78 is 95.9. The third-order valence-corrected chi connectivity index (χ3v) is 7.13. The summed E-state index contributed by atoms with van der Waals surface area (Å²) in [4.78, 5) is 3.56. The Bertz CT molecular complexity index is 1290. The molecule has 2 aliphatic heterocycles. The lowest BCUT2D eigenvalue weighted by molar-refractivity contribution is -0.274. The van der Waals surface area contributed by atoms with Crippen LogP contribution in [0.5, 0.6) is 5.75 Å². The first kappa shape index (κ1) is 26.2. The van der Waals surface area contributed by atoms with Crippen LogP contribution >= 0.6 is 0 Å². The summed E-state index contributed by atoms with van der Waals surface area (Å²) in [6.45, 7) is 0.444. The van der Waals surface area contributed by atoms with E-state index < -0.39 is 30.5 Å². The maximum Gasteiger partial charge on any atom is 0.573 e. The van der Waals surface area contributed by atoms with Crippen LogP contribution in [0.4, 0.5) is 42.1 Å². The van der Waals surface area contributed by atoms with Gasteiger partial charge in [-0.1, -0.05) is 42.5 Å². The molecule has 0 aromatic heterocycles. The third-order valence-electron chi connectivity index (χ3n) is 7.13. The molecule has 1 saturated heterocycles. The van der Waals surface area contributed by atoms with E-state index in [0.717, 1.165) is 16.8 Å². The molecule has 0 saturated carbocycles. The molecule has 3 nitrogen and oxygen atoms in total. The number of hydrogen-bond donors (Lipinski definition) is 0. The summed E-state index contributed by atoms with van der Waals surface area (Å²) in [5.41, 5.74) is 2.69. The molecule has 1 fully saturated rings. The highest BCUT2D eigenvalue weighted by Gasteiger charge is 2.45. The first-order valence-corrected chi connectivity index (χ1v) is 12.2. The Morgan fingerprint density at radius 2 is 1.61 bits per heavy atom. The Labute approximate surface area is 215 Å². The second-order valence-corrected chi connectivity index (χ2v) is 9.81. The molecule has 2 heterocycles. The summed E-state index contributed by atoms with van der Waals surface area (Å²) in [7, 11) is 0. The Morgan fingerprint density at radius 3 is 2.32 bits per heavy atom. The van der Waals surface area contributed by atoms with Crippen molar-refractivity contribution < 1.29 is 35.5 Å². The van der Waals surface area contributed by atoms with Crippen molar-refractivity contribution in [3.63, 3.8) is 0 Å². The standard InChI is InChI=1S/C28H25F7N2O/c29-21-16-37(17-21)22-7-4-6-20(14-22)26(15-19-5-3-8-23(13-19)38-28(33,34)35)18-36(12-11-27(30,31)32)25-10-2-1-9-24(25)26/h1-10,13-14,21H,11-12,15-18H2. The van der Waals surface area contributed by atoms with Gasteiger partial charge in [-0.25, -0.2) is 4.39 Å². The number of nitrogens with zero attached hydrogens (tertiary/aromatic N) is 2. The number of anilines is 2. The van der Waals surface area contributed by atoms with Gasteiger partial charge in [0.1, 0.15) is 11.9 Å². The van der Waals surface area contributed by atoms with Gasteiger partial charge in [0.15, 0.2) is 0 Å². The second kappa shape index (κ2) is 9.71. The van der Waals surface area contributed by atoms with Crippen molar-refractivity contribution in [3.05, 3.63) is 89.5 Å². The zero-order valence-electron chi connectivity index (χ0n) is 20.2. The summed E-state index contributed by atoms with van der Waals surface area (Å²) in [5, 5.41) is 0. The predicted octanol–water partition coefficient (Wildman–Crippen LogP) is 7.04. The van der Waals surface area contributed by atoms with Gasteiger partial charge in [-0.3, -0.25) is 0 Å². The Hall–Kier alpha value is -3.43. The smallest absolute Gasteiger partial charge is 0.406 e. The molecule has 1 atom stereocenters. The number of benzene rings is 3. The van der Waals surface area contributed by atoms with E-state index >= 15 is 0 Å².